The highest BCUT2D eigenvalue weighted by Crippen LogP contribution is 2.30. The minimum absolute atomic E-state index is 0.335. The molecule has 5 heteroatoms. The Labute approximate surface area is 120 Å². The molecule has 2 rings (SSSR count). The van der Waals surface area contributed by atoms with Crippen LogP contribution in [0, 0.1) is 12.3 Å². The van der Waals surface area contributed by atoms with E-state index in [4.69, 9.17) is 18.0 Å². The number of nitrogens with two attached hydrogens (primary N) is 1. The fourth-order valence-electron chi connectivity index (χ4n) is 2.44. The van der Waals surface area contributed by atoms with E-state index in [0.717, 1.165) is 31.2 Å². The summed E-state index contributed by atoms with van der Waals surface area (Å²) in [5, 5.41) is 0. The number of thiocarbonyl (C=S) groups is 1. The molecule has 1 aliphatic rings. The molecule has 0 bridgehead atoms. The Balaban J connectivity index is 2.24. The monoisotopic (exact) mass is 278 g/mol. The molecule has 104 valence electrons. The van der Waals surface area contributed by atoms with E-state index in [-0.39, 0.29) is 0 Å². The summed E-state index contributed by atoms with van der Waals surface area (Å²) in [6.07, 6.45) is 3.58. The Morgan fingerprint density at radius 1 is 1.32 bits per heavy atom. The maximum atomic E-state index is 5.68. The lowest BCUT2D eigenvalue weighted by Gasteiger charge is -2.23. The Hall–Kier alpha value is -1.23. The third kappa shape index (κ3) is 3.62. The molecule has 2 N–H and O–H groups in total. The largest absolute Gasteiger partial charge is 0.388 e. The molecule has 1 aromatic heterocycles. The first-order valence-corrected chi connectivity index (χ1v) is 7.19. The third-order valence-corrected chi connectivity index (χ3v) is 3.93. The van der Waals surface area contributed by atoms with Crippen LogP contribution in [0.25, 0.3) is 0 Å². The van der Waals surface area contributed by atoms with Gasteiger partial charge in [-0.2, -0.15) is 0 Å². The van der Waals surface area contributed by atoms with E-state index in [1.165, 1.54) is 12.8 Å². The van der Waals surface area contributed by atoms with Crippen molar-refractivity contribution in [3.63, 3.8) is 0 Å². The second kappa shape index (κ2) is 5.41. The quantitative estimate of drug-likeness (QED) is 0.842. The predicted octanol–water partition coefficient (Wildman–Crippen LogP) is 2.44. The van der Waals surface area contributed by atoms with Crippen molar-refractivity contribution in [2.45, 2.75) is 40.0 Å². The molecule has 1 saturated heterocycles. The van der Waals surface area contributed by atoms with Crippen LogP contribution in [0.15, 0.2) is 6.07 Å². The smallest absolute Gasteiger partial charge is 0.226 e. The SMILES string of the molecule is Cc1cc(C(N)=S)nc(N2CCCC(C)(C)CC2)n1. The number of aryl methyl sites for hydroxylation is 1. The second-order valence-corrected chi connectivity index (χ2v) is 6.50. The van der Waals surface area contributed by atoms with E-state index >= 15 is 0 Å². The Morgan fingerprint density at radius 2 is 2.05 bits per heavy atom. The molecule has 0 aliphatic carbocycles. The van der Waals surface area contributed by atoms with E-state index in [0.29, 0.717) is 16.1 Å². The van der Waals surface area contributed by atoms with E-state index < -0.39 is 0 Å². The molecule has 0 amide bonds. The highest BCUT2D eigenvalue weighted by atomic mass is 32.1. The van der Waals surface area contributed by atoms with Crippen LogP contribution in [0.2, 0.25) is 0 Å². The molecular formula is C14H22N4S. The summed E-state index contributed by atoms with van der Waals surface area (Å²) in [5.74, 6) is 0.764. The number of aromatic nitrogens is 2. The van der Waals surface area contributed by atoms with Crippen LogP contribution in [-0.2, 0) is 0 Å². The molecule has 1 aliphatic heterocycles. The van der Waals surface area contributed by atoms with Crippen LogP contribution in [0.1, 0.15) is 44.5 Å². The number of rotatable bonds is 2. The molecule has 2 heterocycles. The van der Waals surface area contributed by atoms with Crippen LogP contribution in [0.5, 0.6) is 0 Å². The highest BCUT2D eigenvalue weighted by Gasteiger charge is 2.24. The van der Waals surface area contributed by atoms with E-state index in [2.05, 4.69) is 28.7 Å². The summed E-state index contributed by atoms with van der Waals surface area (Å²) < 4.78 is 0. The number of hydrogen-bond donors (Lipinski definition) is 1. The van der Waals surface area contributed by atoms with Gasteiger partial charge in [0.1, 0.15) is 10.7 Å². The molecule has 1 aromatic rings. The first-order valence-electron chi connectivity index (χ1n) is 6.78. The molecule has 0 saturated carbocycles. The van der Waals surface area contributed by atoms with Gasteiger partial charge in [0.2, 0.25) is 5.95 Å². The molecular weight excluding hydrogens is 256 g/mol. The first kappa shape index (κ1) is 14.2. The van der Waals surface area contributed by atoms with Gasteiger partial charge in [-0.15, -0.1) is 0 Å². The van der Waals surface area contributed by atoms with Crippen molar-refractivity contribution in [3.05, 3.63) is 17.5 Å². The summed E-state index contributed by atoms with van der Waals surface area (Å²) in [6, 6.07) is 1.84. The average molecular weight is 278 g/mol. The predicted molar refractivity (Wildman–Crippen MR) is 82.5 cm³/mol. The average Bonchev–Trinajstić information content (AvgIpc) is 2.49. The van der Waals surface area contributed by atoms with Crippen LogP contribution in [-0.4, -0.2) is 28.0 Å². The minimum atomic E-state index is 0.335. The van der Waals surface area contributed by atoms with Gasteiger partial charge in [-0.25, -0.2) is 9.97 Å². The van der Waals surface area contributed by atoms with Gasteiger partial charge in [0, 0.05) is 18.8 Å². The molecule has 0 spiro atoms. The zero-order valence-electron chi connectivity index (χ0n) is 11.9. The summed E-state index contributed by atoms with van der Waals surface area (Å²) in [4.78, 5) is 11.6. The lowest BCUT2D eigenvalue weighted by molar-refractivity contribution is 0.325. The van der Waals surface area contributed by atoms with Gasteiger partial charge < -0.3 is 10.6 Å². The third-order valence-electron chi connectivity index (χ3n) is 3.72. The number of anilines is 1. The summed E-state index contributed by atoms with van der Waals surface area (Å²) >= 11 is 5.01. The van der Waals surface area contributed by atoms with Gasteiger partial charge in [0.05, 0.1) is 0 Å². The molecule has 0 radical (unpaired) electrons. The van der Waals surface area contributed by atoms with Crippen molar-refractivity contribution in [1.29, 1.82) is 0 Å². The van der Waals surface area contributed by atoms with E-state index in [9.17, 15) is 0 Å². The topological polar surface area (TPSA) is 55.0 Å². The maximum Gasteiger partial charge on any atom is 0.226 e. The van der Waals surface area contributed by atoms with Crippen LogP contribution in [0.3, 0.4) is 0 Å². The highest BCUT2D eigenvalue weighted by molar-refractivity contribution is 7.80. The summed E-state index contributed by atoms with van der Waals surface area (Å²) in [5.41, 5.74) is 7.67. The Morgan fingerprint density at radius 3 is 2.74 bits per heavy atom. The molecule has 19 heavy (non-hydrogen) atoms. The Bertz CT molecular complexity index is 484. The minimum Gasteiger partial charge on any atom is -0.388 e. The normalized spacial score (nSPS) is 19.0. The van der Waals surface area contributed by atoms with Crippen molar-refractivity contribution in [3.8, 4) is 0 Å². The van der Waals surface area contributed by atoms with Gasteiger partial charge in [-0.1, -0.05) is 26.1 Å². The molecule has 0 aromatic carbocycles. The lowest BCUT2D eigenvalue weighted by atomic mass is 9.85. The van der Waals surface area contributed by atoms with Gasteiger partial charge in [-0.3, -0.25) is 0 Å². The van der Waals surface area contributed by atoms with E-state index in [1.807, 2.05) is 13.0 Å². The maximum absolute atomic E-state index is 5.68. The van der Waals surface area contributed by atoms with Crippen LogP contribution >= 0.6 is 12.2 Å². The summed E-state index contributed by atoms with van der Waals surface area (Å²) in [6.45, 7) is 8.60. The van der Waals surface area contributed by atoms with Crippen molar-refractivity contribution < 1.29 is 0 Å². The number of nitrogens with zero attached hydrogens (tertiary/aromatic N) is 3. The standard InChI is InChI=1S/C14H22N4S/c1-10-9-11(12(15)19)17-13(16-10)18-7-4-5-14(2,3)6-8-18/h9H,4-8H2,1-3H3,(H2,15,19). The molecule has 0 atom stereocenters. The van der Waals surface area contributed by atoms with Crippen molar-refractivity contribution >= 4 is 23.2 Å². The van der Waals surface area contributed by atoms with Gasteiger partial charge in [-0.05, 0) is 37.7 Å². The van der Waals surface area contributed by atoms with Gasteiger partial charge >= 0.3 is 0 Å². The van der Waals surface area contributed by atoms with Crippen LogP contribution < -0.4 is 10.6 Å². The van der Waals surface area contributed by atoms with Crippen molar-refractivity contribution in [1.82, 2.24) is 9.97 Å². The van der Waals surface area contributed by atoms with Gasteiger partial charge in [0.25, 0.3) is 0 Å². The molecule has 0 unspecified atom stereocenters. The zero-order valence-corrected chi connectivity index (χ0v) is 12.8. The fourth-order valence-corrected chi connectivity index (χ4v) is 2.55. The van der Waals surface area contributed by atoms with Crippen molar-refractivity contribution in [2.75, 3.05) is 18.0 Å². The van der Waals surface area contributed by atoms with Crippen LogP contribution in [0.4, 0.5) is 5.95 Å². The first-order chi connectivity index (χ1) is 8.87. The van der Waals surface area contributed by atoms with E-state index in [1.54, 1.807) is 0 Å². The molecule has 4 nitrogen and oxygen atoms in total. The van der Waals surface area contributed by atoms with Gasteiger partial charge in [0.15, 0.2) is 0 Å². The lowest BCUT2D eigenvalue weighted by Crippen LogP contribution is -2.28. The number of hydrogen-bond acceptors (Lipinski definition) is 4. The summed E-state index contributed by atoms with van der Waals surface area (Å²) in [7, 11) is 0. The molecule has 1 fully saturated rings. The second-order valence-electron chi connectivity index (χ2n) is 6.06. The zero-order chi connectivity index (χ0) is 14.0. The van der Waals surface area contributed by atoms with Crippen molar-refractivity contribution in [2.24, 2.45) is 11.1 Å². The Kier molecular flexibility index (Phi) is 4.04. The fraction of sp³-hybridized carbons (Fsp3) is 0.643.